The predicted molar refractivity (Wildman–Crippen MR) is 74.1 cm³/mol. The van der Waals surface area contributed by atoms with Crippen molar-refractivity contribution >= 4 is 33.6 Å². The number of nitrogens with zero attached hydrogens (tertiary/aromatic N) is 1. The van der Waals surface area contributed by atoms with Crippen LogP contribution in [0.25, 0.3) is 0 Å². The average molecular weight is 342 g/mol. The molecule has 0 radical (unpaired) electrons. The van der Waals surface area contributed by atoms with E-state index in [0.717, 1.165) is 0 Å². The van der Waals surface area contributed by atoms with Gasteiger partial charge in [-0.2, -0.15) is 5.26 Å². The quantitative estimate of drug-likeness (QED) is 0.642. The summed E-state index contributed by atoms with van der Waals surface area (Å²) >= 11 is 3.21. The number of aliphatic carboxylic acids is 1. The number of aliphatic hydroxyl groups is 1. The van der Waals surface area contributed by atoms with Crippen LogP contribution in [-0.2, 0) is 4.79 Å². The van der Waals surface area contributed by atoms with Gasteiger partial charge in [0.1, 0.15) is 6.07 Å². The molecule has 0 aliphatic carbocycles. The van der Waals surface area contributed by atoms with Gasteiger partial charge in [0.2, 0.25) is 0 Å². The van der Waals surface area contributed by atoms with Crippen LogP contribution >= 0.6 is 15.9 Å². The van der Waals surface area contributed by atoms with Crippen LogP contribution in [0.4, 0.5) is 10.5 Å². The number of hydrogen-bond acceptors (Lipinski definition) is 4. The lowest BCUT2D eigenvalue weighted by molar-refractivity contribution is -0.146. The topological polar surface area (TPSA) is 122 Å². The maximum Gasteiger partial charge on any atom is 0.332 e. The fourth-order valence-electron chi connectivity index (χ4n) is 1.33. The minimum Gasteiger partial charge on any atom is -0.479 e. The molecule has 1 rings (SSSR count). The second-order valence-corrected chi connectivity index (χ2v) is 4.74. The summed E-state index contributed by atoms with van der Waals surface area (Å²) in [6, 6.07) is 6.15. The van der Waals surface area contributed by atoms with Gasteiger partial charge in [-0.1, -0.05) is 15.9 Å². The molecule has 0 fully saturated rings. The van der Waals surface area contributed by atoms with Crippen molar-refractivity contribution in [2.24, 2.45) is 0 Å². The van der Waals surface area contributed by atoms with Gasteiger partial charge in [-0.25, -0.2) is 9.59 Å². The first-order chi connectivity index (χ1) is 9.43. The first-order valence-electron chi connectivity index (χ1n) is 5.59. The highest BCUT2D eigenvalue weighted by Gasteiger charge is 2.13. The smallest absolute Gasteiger partial charge is 0.332 e. The number of nitriles is 1. The Hall–Kier alpha value is -2.11. The summed E-state index contributed by atoms with van der Waals surface area (Å²) in [6.45, 7) is -0.00227. The SMILES string of the molecule is N#Cc1cc(Br)ccc1NC(=O)NCC[C@H](O)C(=O)O. The molecule has 7 nitrogen and oxygen atoms in total. The second kappa shape index (κ2) is 7.47. The van der Waals surface area contributed by atoms with E-state index in [-0.39, 0.29) is 13.0 Å². The fourth-order valence-corrected chi connectivity index (χ4v) is 1.69. The molecular formula is C12H12BrN3O4. The molecule has 4 N–H and O–H groups in total. The third-order valence-electron chi connectivity index (χ3n) is 2.34. The molecule has 0 bridgehead atoms. The maximum absolute atomic E-state index is 11.5. The summed E-state index contributed by atoms with van der Waals surface area (Å²) < 4.78 is 0.713. The zero-order chi connectivity index (χ0) is 15.1. The van der Waals surface area contributed by atoms with Crippen molar-refractivity contribution < 1.29 is 19.8 Å². The van der Waals surface area contributed by atoms with Gasteiger partial charge in [-0.05, 0) is 18.2 Å². The first-order valence-corrected chi connectivity index (χ1v) is 6.38. The molecule has 1 atom stereocenters. The summed E-state index contributed by atoms with van der Waals surface area (Å²) in [7, 11) is 0. The van der Waals surface area contributed by atoms with Gasteiger partial charge < -0.3 is 20.8 Å². The molecule has 1 aromatic carbocycles. The van der Waals surface area contributed by atoms with Gasteiger partial charge in [0, 0.05) is 17.4 Å². The summed E-state index contributed by atoms with van der Waals surface area (Å²) in [5, 5.41) is 31.3. The number of carbonyl (C=O) groups excluding carboxylic acids is 1. The Bertz CT molecular complexity index is 556. The Morgan fingerprint density at radius 1 is 1.45 bits per heavy atom. The van der Waals surface area contributed by atoms with Crippen LogP contribution in [0.15, 0.2) is 22.7 Å². The van der Waals surface area contributed by atoms with Crippen molar-refractivity contribution in [1.29, 1.82) is 5.26 Å². The normalized spacial score (nSPS) is 11.2. The van der Waals surface area contributed by atoms with E-state index < -0.39 is 18.1 Å². The summed E-state index contributed by atoms with van der Waals surface area (Å²) in [5.74, 6) is -1.34. The van der Waals surface area contributed by atoms with Crippen molar-refractivity contribution in [3.63, 3.8) is 0 Å². The minimum atomic E-state index is -1.52. The van der Waals surface area contributed by atoms with Crippen LogP contribution in [0.5, 0.6) is 0 Å². The van der Waals surface area contributed by atoms with Gasteiger partial charge in [-0.3, -0.25) is 0 Å². The molecular weight excluding hydrogens is 330 g/mol. The van der Waals surface area contributed by atoms with Crippen molar-refractivity contribution in [2.75, 3.05) is 11.9 Å². The van der Waals surface area contributed by atoms with Crippen LogP contribution in [-0.4, -0.2) is 34.9 Å². The molecule has 2 amide bonds. The van der Waals surface area contributed by atoms with Gasteiger partial charge >= 0.3 is 12.0 Å². The highest BCUT2D eigenvalue weighted by molar-refractivity contribution is 9.10. The lowest BCUT2D eigenvalue weighted by Gasteiger charge is -2.10. The Balaban J connectivity index is 2.51. The lowest BCUT2D eigenvalue weighted by Crippen LogP contribution is -2.33. The van der Waals surface area contributed by atoms with Crippen molar-refractivity contribution in [2.45, 2.75) is 12.5 Å². The third kappa shape index (κ3) is 4.87. The first kappa shape index (κ1) is 15.9. The number of carboxylic acid groups (broad SMARTS) is 1. The summed E-state index contributed by atoms with van der Waals surface area (Å²) in [4.78, 5) is 21.9. The molecule has 0 aromatic heterocycles. The highest BCUT2D eigenvalue weighted by atomic mass is 79.9. The van der Waals surface area contributed by atoms with Crippen LogP contribution < -0.4 is 10.6 Å². The zero-order valence-electron chi connectivity index (χ0n) is 10.3. The number of halogens is 1. The van der Waals surface area contributed by atoms with Gasteiger partial charge in [-0.15, -0.1) is 0 Å². The van der Waals surface area contributed by atoms with Gasteiger partial charge in [0.25, 0.3) is 0 Å². The van der Waals surface area contributed by atoms with Crippen LogP contribution in [0.1, 0.15) is 12.0 Å². The fraction of sp³-hybridized carbons (Fsp3) is 0.250. The number of benzene rings is 1. The standard InChI is InChI=1S/C12H12BrN3O4/c13-8-1-2-9(7(5-8)6-14)16-12(20)15-4-3-10(17)11(18)19/h1-2,5,10,17H,3-4H2,(H,18,19)(H2,15,16,20)/t10-/m0/s1. The number of carbonyl (C=O) groups is 2. The number of anilines is 1. The Morgan fingerprint density at radius 2 is 2.15 bits per heavy atom. The van der Waals surface area contributed by atoms with Crippen LogP contribution in [0.2, 0.25) is 0 Å². The Labute approximate surface area is 123 Å². The lowest BCUT2D eigenvalue weighted by atomic mass is 10.2. The molecule has 0 aliphatic heterocycles. The van der Waals surface area contributed by atoms with Crippen LogP contribution in [0, 0.1) is 11.3 Å². The van der Waals surface area contributed by atoms with E-state index in [2.05, 4.69) is 26.6 Å². The van der Waals surface area contributed by atoms with E-state index in [0.29, 0.717) is 15.7 Å². The zero-order valence-corrected chi connectivity index (χ0v) is 11.8. The number of aliphatic hydroxyl groups excluding tert-OH is 1. The molecule has 106 valence electrons. The van der Waals surface area contributed by atoms with E-state index in [1.807, 2.05) is 6.07 Å². The Kier molecular flexibility index (Phi) is 5.96. The third-order valence-corrected chi connectivity index (χ3v) is 2.83. The molecule has 0 heterocycles. The highest BCUT2D eigenvalue weighted by Crippen LogP contribution is 2.20. The maximum atomic E-state index is 11.5. The second-order valence-electron chi connectivity index (χ2n) is 3.83. The number of hydrogen-bond donors (Lipinski definition) is 4. The largest absolute Gasteiger partial charge is 0.479 e. The summed E-state index contributed by atoms with van der Waals surface area (Å²) in [6.07, 6.45) is -1.62. The average Bonchev–Trinajstić information content (AvgIpc) is 2.40. The molecule has 0 unspecified atom stereocenters. The van der Waals surface area contributed by atoms with E-state index in [1.54, 1.807) is 18.2 Å². The number of carboxylic acids is 1. The minimum absolute atomic E-state index is 0.00227. The van der Waals surface area contributed by atoms with Crippen molar-refractivity contribution in [3.05, 3.63) is 28.2 Å². The van der Waals surface area contributed by atoms with Gasteiger partial charge in [0.15, 0.2) is 6.10 Å². The van der Waals surface area contributed by atoms with E-state index in [4.69, 9.17) is 15.5 Å². The number of rotatable bonds is 5. The van der Waals surface area contributed by atoms with E-state index >= 15 is 0 Å². The van der Waals surface area contributed by atoms with Crippen molar-refractivity contribution in [1.82, 2.24) is 5.32 Å². The number of urea groups is 1. The molecule has 0 saturated carbocycles. The molecule has 1 aromatic rings. The van der Waals surface area contributed by atoms with Crippen molar-refractivity contribution in [3.8, 4) is 6.07 Å². The molecule has 0 spiro atoms. The molecule has 0 saturated heterocycles. The van der Waals surface area contributed by atoms with E-state index in [9.17, 15) is 9.59 Å². The van der Waals surface area contributed by atoms with Crippen LogP contribution in [0.3, 0.4) is 0 Å². The number of nitrogens with one attached hydrogen (secondary N) is 2. The monoisotopic (exact) mass is 341 g/mol. The molecule has 20 heavy (non-hydrogen) atoms. The molecule has 8 heteroatoms. The molecule has 0 aliphatic rings. The predicted octanol–water partition coefficient (Wildman–Crippen LogP) is 1.28. The van der Waals surface area contributed by atoms with E-state index in [1.165, 1.54) is 0 Å². The van der Waals surface area contributed by atoms with Gasteiger partial charge in [0.05, 0.1) is 11.3 Å². The summed E-state index contributed by atoms with van der Waals surface area (Å²) in [5.41, 5.74) is 0.632. The number of amides is 2. The Morgan fingerprint density at radius 3 is 2.75 bits per heavy atom.